The van der Waals surface area contributed by atoms with Crippen LogP contribution in [0.1, 0.15) is 77.6 Å². The molecule has 0 atom stereocenters. The third kappa shape index (κ3) is 33.0. The normalized spacial score (nSPS) is 10.3. The van der Waals surface area contributed by atoms with Crippen molar-refractivity contribution in [2.45, 2.75) is 77.6 Å². The maximum absolute atomic E-state index is 10.2. The van der Waals surface area contributed by atoms with Gasteiger partial charge in [-0.15, -0.1) is 9.05 Å². The fourth-order valence-corrected chi connectivity index (χ4v) is 2.36. The third-order valence-corrected chi connectivity index (χ3v) is 3.58. The van der Waals surface area contributed by atoms with Gasteiger partial charge in [0.05, 0.1) is 0 Å². The Labute approximate surface area is 259 Å². The predicted molar refractivity (Wildman–Crippen MR) is 68.2 cm³/mol. The zero-order valence-corrected chi connectivity index (χ0v) is 25.0. The fraction of sp³-hybridized carbons (Fsp3) is 1.00. The second kappa shape index (κ2) is 25.0. The number of unbranched alkanes of at least 4 members (excludes halogenated alkanes) is 10. The van der Waals surface area contributed by atoms with Crippen LogP contribution in [0.5, 0.6) is 0 Å². The minimum absolute atomic E-state index is 0. The summed E-state index contributed by atoms with van der Waals surface area (Å²) in [6.45, 7) is 2.28. The Morgan fingerprint density at radius 1 is 0.619 bits per heavy atom. The quantitative estimate of drug-likeness (QED) is 0.230. The van der Waals surface area contributed by atoms with Crippen LogP contribution in [0.4, 0.5) is 0 Å². The molecule has 0 radical (unpaired) electrons. The first-order valence-corrected chi connectivity index (χ1v) is 8.95. The van der Waals surface area contributed by atoms with Gasteiger partial charge < -0.3 is 18.8 Å². The average Bonchev–Trinajstić information content (AvgIpc) is 2.29. The summed E-state index contributed by atoms with van der Waals surface area (Å²) in [7, 11) is -5.00. The van der Waals surface area contributed by atoms with Crippen molar-refractivity contribution >= 4 is 9.05 Å². The van der Waals surface area contributed by atoms with E-state index >= 15 is 0 Å². The SMILES string of the molecule is CCCCCCCCCCCCCO[Si]([O-])([O-])[O-].[K+].[K+].[K+]. The van der Waals surface area contributed by atoms with Crippen LogP contribution >= 0.6 is 0 Å². The molecule has 0 amide bonds. The molecular formula is C13H27K3O4Si. The molecule has 0 fully saturated rings. The van der Waals surface area contributed by atoms with Crippen molar-refractivity contribution in [2.24, 2.45) is 0 Å². The summed E-state index contributed by atoms with van der Waals surface area (Å²) in [5, 5.41) is 0. The second-order valence-corrected chi connectivity index (χ2v) is 6.17. The van der Waals surface area contributed by atoms with Gasteiger partial charge in [-0.2, -0.15) is 0 Å². The van der Waals surface area contributed by atoms with Gasteiger partial charge in [0, 0.05) is 6.61 Å². The maximum Gasteiger partial charge on any atom is 1.00 e. The molecule has 0 bridgehead atoms. The van der Waals surface area contributed by atoms with E-state index in [1.807, 2.05) is 0 Å². The molecule has 0 spiro atoms. The molecule has 0 saturated carbocycles. The maximum atomic E-state index is 10.2. The molecule has 110 valence electrons. The van der Waals surface area contributed by atoms with Gasteiger partial charge in [0.1, 0.15) is 0 Å². The van der Waals surface area contributed by atoms with E-state index in [9.17, 15) is 14.4 Å². The summed E-state index contributed by atoms with van der Waals surface area (Å²) >= 11 is 0. The van der Waals surface area contributed by atoms with Gasteiger partial charge in [-0.1, -0.05) is 71.1 Å². The van der Waals surface area contributed by atoms with Crippen LogP contribution in [-0.4, -0.2) is 15.7 Å². The average molecular weight is 393 g/mol. The molecule has 4 nitrogen and oxygen atoms in total. The Balaban J connectivity index is -0.000000482. The molecule has 0 heterocycles. The fourth-order valence-electron chi connectivity index (χ4n) is 1.96. The van der Waals surface area contributed by atoms with Crippen LogP contribution in [0.2, 0.25) is 0 Å². The minimum Gasteiger partial charge on any atom is -0.861 e. The van der Waals surface area contributed by atoms with Gasteiger partial charge >= 0.3 is 154 Å². The Morgan fingerprint density at radius 3 is 1.29 bits per heavy atom. The summed E-state index contributed by atoms with van der Waals surface area (Å²) in [6, 6.07) is 0. The van der Waals surface area contributed by atoms with E-state index in [4.69, 9.17) is 0 Å². The number of hydrogen-bond acceptors (Lipinski definition) is 4. The van der Waals surface area contributed by atoms with Crippen LogP contribution in [0.15, 0.2) is 0 Å². The van der Waals surface area contributed by atoms with Gasteiger partial charge in [0.2, 0.25) is 0 Å². The summed E-state index contributed by atoms with van der Waals surface area (Å²) in [5.41, 5.74) is 0. The van der Waals surface area contributed by atoms with Gasteiger partial charge in [0.15, 0.2) is 0 Å². The van der Waals surface area contributed by atoms with Crippen LogP contribution in [0.3, 0.4) is 0 Å². The summed E-state index contributed by atoms with van der Waals surface area (Å²) in [5.74, 6) is 0. The molecule has 0 aromatic carbocycles. The standard InChI is InChI=1S/C13H27O4Si.3K/c1-2-3-4-5-6-7-8-9-10-11-12-13-17-18(14,15)16;;;/h2-13H2,1H3;;;/q-3;3*+1. The van der Waals surface area contributed by atoms with Crippen molar-refractivity contribution in [2.75, 3.05) is 6.61 Å². The number of hydrogen-bond donors (Lipinski definition) is 0. The Morgan fingerprint density at radius 2 is 0.952 bits per heavy atom. The van der Waals surface area contributed by atoms with Crippen molar-refractivity contribution in [3.05, 3.63) is 0 Å². The Hall–Kier alpha value is 4.97. The van der Waals surface area contributed by atoms with E-state index in [0.29, 0.717) is 6.42 Å². The number of rotatable bonds is 13. The van der Waals surface area contributed by atoms with Crippen molar-refractivity contribution in [3.63, 3.8) is 0 Å². The van der Waals surface area contributed by atoms with Gasteiger partial charge in [-0.3, -0.25) is 0 Å². The second-order valence-electron chi connectivity index (χ2n) is 4.88. The first kappa shape index (κ1) is 33.5. The molecular weight excluding hydrogens is 366 g/mol. The molecule has 0 aliphatic carbocycles. The van der Waals surface area contributed by atoms with Crippen LogP contribution in [0, 0.1) is 0 Å². The van der Waals surface area contributed by atoms with Gasteiger partial charge in [-0.25, -0.2) is 0 Å². The van der Waals surface area contributed by atoms with Crippen LogP contribution < -0.4 is 169 Å². The van der Waals surface area contributed by atoms with E-state index in [2.05, 4.69) is 11.3 Å². The topological polar surface area (TPSA) is 78.4 Å². The smallest absolute Gasteiger partial charge is 0.861 e. The summed E-state index contributed by atoms with van der Waals surface area (Å²) in [6.07, 6.45) is 13.2. The minimum atomic E-state index is -5.00. The van der Waals surface area contributed by atoms with Crippen LogP contribution in [0.25, 0.3) is 0 Å². The van der Waals surface area contributed by atoms with E-state index in [1.165, 1.54) is 51.4 Å². The van der Waals surface area contributed by atoms with Gasteiger partial charge in [0.25, 0.3) is 0 Å². The molecule has 0 aromatic heterocycles. The molecule has 0 saturated heterocycles. The third-order valence-electron chi connectivity index (χ3n) is 3.03. The van der Waals surface area contributed by atoms with E-state index in [0.717, 1.165) is 12.8 Å². The van der Waals surface area contributed by atoms with Crippen molar-refractivity contribution < 1.29 is 173 Å². The molecule has 0 unspecified atom stereocenters. The zero-order chi connectivity index (χ0) is 13.7. The van der Waals surface area contributed by atoms with Crippen molar-refractivity contribution in [1.82, 2.24) is 0 Å². The zero-order valence-electron chi connectivity index (χ0n) is 14.6. The molecule has 0 aliphatic rings. The molecule has 0 rings (SSSR count). The Kier molecular flexibility index (Phi) is 39.9. The molecule has 8 heteroatoms. The van der Waals surface area contributed by atoms with Gasteiger partial charge in [-0.05, 0) is 6.42 Å². The summed E-state index contributed by atoms with van der Waals surface area (Å²) in [4.78, 5) is 30.6. The monoisotopic (exact) mass is 392 g/mol. The van der Waals surface area contributed by atoms with Crippen molar-refractivity contribution in [1.29, 1.82) is 0 Å². The predicted octanol–water partition coefficient (Wildman–Crippen LogP) is -8.16. The Bertz CT molecular complexity index is 183. The van der Waals surface area contributed by atoms with Crippen molar-refractivity contribution in [3.8, 4) is 0 Å². The molecule has 21 heavy (non-hydrogen) atoms. The first-order valence-electron chi connectivity index (χ1n) is 7.31. The largest absolute Gasteiger partial charge is 1.00 e. The molecule has 0 aromatic rings. The van der Waals surface area contributed by atoms with Crippen LogP contribution in [-0.2, 0) is 4.43 Å². The molecule has 0 aliphatic heterocycles. The van der Waals surface area contributed by atoms with E-state index in [-0.39, 0.29) is 161 Å². The summed E-state index contributed by atoms with van der Waals surface area (Å²) < 4.78 is 4.18. The first-order chi connectivity index (χ1) is 8.56. The molecule has 0 N–H and O–H groups in total. The van der Waals surface area contributed by atoms with E-state index < -0.39 is 9.05 Å². The van der Waals surface area contributed by atoms with E-state index in [1.54, 1.807) is 0 Å².